The molecule has 0 fully saturated rings. The third kappa shape index (κ3) is 6.55. The molecule has 0 saturated carbocycles. The highest BCUT2D eigenvalue weighted by molar-refractivity contribution is 7.13. The van der Waals surface area contributed by atoms with Crippen molar-refractivity contribution < 1.29 is 9.47 Å². The lowest BCUT2D eigenvalue weighted by Crippen LogP contribution is -2.18. The average molecular weight is 259 g/mol. The first-order chi connectivity index (χ1) is 8.22. The van der Waals surface area contributed by atoms with Gasteiger partial charge in [0.15, 0.2) is 0 Å². The van der Waals surface area contributed by atoms with Gasteiger partial charge < -0.3 is 14.8 Å². The van der Waals surface area contributed by atoms with Crippen LogP contribution in [0.15, 0.2) is 0 Å². The maximum Gasteiger partial charge on any atom is 0.294 e. The van der Waals surface area contributed by atoms with Crippen LogP contribution in [0.3, 0.4) is 0 Å². The topological polar surface area (TPSA) is 56.3 Å². The SMILES string of the molecule is COCCCOc1nnc(CNCC(C)C)s1. The normalized spacial score (nSPS) is 11.1. The van der Waals surface area contributed by atoms with Crippen molar-refractivity contribution in [2.75, 3.05) is 26.9 Å². The molecule has 0 aromatic carbocycles. The van der Waals surface area contributed by atoms with Crippen molar-refractivity contribution in [2.45, 2.75) is 26.8 Å². The molecule has 0 unspecified atom stereocenters. The van der Waals surface area contributed by atoms with Crippen molar-refractivity contribution in [3.05, 3.63) is 5.01 Å². The van der Waals surface area contributed by atoms with Crippen molar-refractivity contribution >= 4 is 11.3 Å². The number of methoxy groups -OCH3 is 1. The molecule has 0 spiro atoms. The molecule has 1 N–H and O–H groups in total. The van der Waals surface area contributed by atoms with Crippen LogP contribution in [-0.4, -0.2) is 37.1 Å². The fourth-order valence-electron chi connectivity index (χ4n) is 1.20. The van der Waals surface area contributed by atoms with E-state index >= 15 is 0 Å². The number of hydrogen-bond donors (Lipinski definition) is 1. The Hall–Kier alpha value is -0.720. The number of rotatable bonds is 9. The van der Waals surface area contributed by atoms with Gasteiger partial charge in [-0.2, -0.15) is 0 Å². The molecular weight excluding hydrogens is 238 g/mol. The van der Waals surface area contributed by atoms with Crippen LogP contribution in [0.1, 0.15) is 25.3 Å². The zero-order valence-corrected chi connectivity index (χ0v) is 11.5. The standard InChI is InChI=1S/C11H21N3O2S/c1-9(2)7-12-8-10-13-14-11(17-10)16-6-4-5-15-3/h9,12H,4-8H2,1-3H3. The van der Waals surface area contributed by atoms with E-state index < -0.39 is 0 Å². The third-order valence-electron chi connectivity index (χ3n) is 2.00. The van der Waals surface area contributed by atoms with E-state index in [9.17, 15) is 0 Å². The molecule has 0 aliphatic carbocycles. The Balaban J connectivity index is 2.18. The predicted molar refractivity (Wildman–Crippen MR) is 68.4 cm³/mol. The Kier molecular flexibility index (Phi) is 7.07. The second kappa shape index (κ2) is 8.38. The van der Waals surface area contributed by atoms with E-state index in [1.807, 2.05) is 0 Å². The Morgan fingerprint density at radius 1 is 1.29 bits per heavy atom. The van der Waals surface area contributed by atoms with Gasteiger partial charge in [0.1, 0.15) is 5.01 Å². The summed E-state index contributed by atoms with van der Waals surface area (Å²) in [5.41, 5.74) is 0. The van der Waals surface area contributed by atoms with Gasteiger partial charge in [0.2, 0.25) is 0 Å². The lowest BCUT2D eigenvalue weighted by Gasteiger charge is -2.04. The largest absolute Gasteiger partial charge is 0.469 e. The summed E-state index contributed by atoms with van der Waals surface area (Å²) in [5.74, 6) is 0.646. The van der Waals surface area contributed by atoms with E-state index in [-0.39, 0.29) is 0 Å². The van der Waals surface area contributed by atoms with Crippen LogP contribution in [0.5, 0.6) is 5.19 Å². The summed E-state index contributed by atoms with van der Waals surface area (Å²) in [4.78, 5) is 0. The highest BCUT2D eigenvalue weighted by Gasteiger charge is 2.04. The van der Waals surface area contributed by atoms with Gasteiger partial charge in [-0.25, -0.2) is 0 Å². The summed E-state index contributed by atoms with van der Waals surface area (Å²) in [7, 11) is 1.68. The van der Waals surface area contributed by atoms with Crippen LogP contribution in [0, 0.1) is 5.92 Å². The van der Waals surface area contributed by atoms with Crippen LogP contribution < -0.4 is 10.1 Å². The van der Waals surface area contributed by atoms with Gasteiger partial charge in [0.25, 0.3) is 5.19 Å². The van der Waals surface area contributed by atoms with Crippen LogP contribution in [0.4, 0.5) is 0 Å². The number of nitrogens with zero attached hydrogens (tertiary/aromatic N) is 2. The van der Waals surface area contributed by atoms with Crippen molar-refractivity contribution in [1.82, 2.24) is 15.5 Å². The van der Waals surface area contributed by atoms with E-state index in [0.29, 0.717) is 24.3 Å². The van der Waals surface area contributed by atoms with E-state index in [1.54, 1.807) is 7.11 Å². The molecule has 0 aliphatic heterocycles. The first kappa shape index (κ1) is 14.3. The fraction of sp³-hybridized carbons (Fsp3) is 0.818. The molecule has 0 atom stereocenters. The molecule has 5 nitrogen and oxygen atoms in total. The van der Waals surface area contributed by atoms with Gasteiger partial charge >= 0.3 is 0 Å². The lowest BCUT2D eigenvalue weighted by atomic mass is 10.2. The van der Waals surface area contributed by atoms with Crippen LogP contribution >= 0.6 is 11.3 Å². The van der Waals surface area contributed by atoms with Crippen molar-refractivity contribution in [2.24, 2.45) is 5.92 Å². The molecule has 1 aromatic heterocycles. The smallest absolute Gasteiger partial charge is 0.294 e. The first-order valence-electron chi connectivity index (χ1n) is 5.87. The Labute approximate surface area is 107 Å². The van der Waals surface area contributed by atoms with E-state index in [1.165, 1.54) is 11.3 Å². The molecule has 0 amide bonds. The minimum atomic E-state index is 0.627. The van der Waals surface area contributed by atoms with Crippen molar-refractivity contribution in [3.63, 3.8) is 0 Å². The van der Waals surface area contributed by atoms with Crippen molar-refractivity contribution in [1.29, 1.82) is 0 Å². The zero-order chi connectivity index (χ0) is 12.5. The molecule has 0 bridgehead atoms. The van der Waals surface area contributed by atoms with Gasteiger partial charge in [-0.1, -0.05) is 25.2 Å². The molecule has 17 heavy (non-hydrogen) atoms. The third-order valence-corrected chi connectivity index (χ3v) is 2.83. The molecule has 98 valence electrons. The highest BCUT2D eigenvalue weighted by Crippen LogP contribution is 2.17. The second-order valence-electron chi connectivity index (χ2n) is 4.18. The molecule has 0 radical (unpaired) electrons. The molecule has 6 heteroatoms. The monoisotopic (exact) mass is 259 g/mol. The summed E-state index contributed by atoms with van der Waals surface area (Å²) in [6.07, 6.45) is 0.872. The van der Waals surface area contributed by atoms with Gasteiger partial charge in [-0.3, -0.25) is 0 Å². The number of nitrogens with one attached hydrogen (secondary N) is 1. The fourth-order valence-corrected chi connectivity index (χ4v) is 1.88. The van der Waals surface area contributed by atoms with E-state index in [4.69, 9.17) is 9.47 Å². The molecule has 1 heterocycles. The zero-order valence-electron chi connectivity index (χ0n) is 10.7. The molecular formula is C11H21N3O2S. The summed E-state index contributed by atoms with van der Waals surface area (Å²) < 4.78 is 10.4. The number of aromatic nitrogens is 2. The van der Waals surface area contributed by atoms with Crippen molar-refractivity contribution in [3.8, 4) is 5.19 Å². The van der Waals surface area contributed by atoms with Crippen LogP contribution in [0.25, 0.3) is 0 Å². The Morgan fingerprint density at radius 2 is 2.12 bits per heavy atom. The molecule has 1 rings (SSSR count). The number of hydrogen-bond acceptors (Lipinski definition) is 6. The summed E-state index contributed by atoms with van der Waals surface area (Å²) >= 11 is 1.49. The first-order valence-corrected chi connectivity index (χ1v) is 6.69. The van der Waals surface area contributed by atoms with Crippen LogP contribution in [0.2, 0.25) is 0 Å². The van der Waals surface area contributed by atoms with Gasteiger partial charge in [0, 0.05) is 26.7 Å². The minimum Gasteiger partial charge on any atom is -0.469 e. The lowest BCUT2D eigenvalue weighted by molar-refractivity contribution is 0.171. The summed E-state index contributed by atoms with van der Waals surface area (Å²) in [6, 6.07) is 0. The second-order valence-corrected chi connectivity index (χ2v) is 5.21. The van der Waals surface area contributed by atoms with Gasteiger partial charge in [-0.15, -0.1) is 10.2 Å². The quantitative estimate of drug-likeness (QED) is 0.684. The number of ether oxygens (including phenoxy) is 2. The van der Waals surface area contributed by atoms with E-state index in [2.05, 4.69) is 29.4 Å². The maximum atomic E-state index is 5.45. The maximum absolute atomic E-state index is 5.45. The Bertz CT molecular complexity index is 305. The van der Waals surface area contributed by atoms with Gasteiger partial charge in [0.05, 0.1) is 6.61 Å². The molecule has 0 saturated heterocycles. The van der Waals surface area contributed by atoms with Gasteiger partial charge in [-0.05, 0) is 12.5 Å². The van der Waals surface area contributed by atoms with Crippen LogP contribution in [-0.2, 0) is 11.3 Å². The predicted octanol–water partition coefficient (Wildman–Crippen LogP) is 1.70. The summed E-state index contributed by atoms with van der Waals surface area (Å²) in [6.45, 7) is 7.44. The Morgan fingerprint density at radius 3 is 2.82 bits per heavy atom. The summed E-state index contributed by atoms with van der Waals surface area (Å²) in [5, 5.41) is 13.0. The highest BCUT2D eigenvalue weighted by atomic mass is 32.1. The minimum absolute atomic E-state index is 0.627. The average Bonchev–Trinajstić information content (AvgIpc) is 2.72. The molecule has 1 aromatic rings. The molecule has 0 aliphatic rings. The van der Waals surface area contributed by atoms with E-state index in [0.717, 1.165) is 24.5 Å².